The number of benzene rings is 1. The molecule has 2 N–H and O–H groups in total. The van der Waals surface area contributed by atoms with Crippen LogP contribution in [0.15, 0.2) is 18.2 Å². The Morgan fingerprint density at radius 2 is 2.17 bits per heavy atom. The van der Waals surface area contributed by atoms with E-state index >= 15 is 0 Å². The summed E-state index contributed by atoms with van der Waals surface area (Å²) < 4.78 is 30.2. The second kappa shape index (κ2) is 6.40. The van der Waals surface area contributed by atoms with E-state index in [9.17, 15) is 18.0 Å². The van der Waals surface area contributed by atoms with Crippen LogP contribution >= 0.6 is 0 Å². The zero-order valence-corrected chi connectivity index (χ0v) is 14.1. The maximum absolute atomic E-state index is 12.5. The Hall–Kier alpha value is -2.13. The highest BCUT2D eigenvalue weighted by atomic mass is 32.2. The monoisotopic (exact) mass is 353 g/mol. The number of ether oxygens (including phenoxy) is 1. The topological polar surface area (TPSA) is 105 Å². The van der Waals surface area contributed by atoms with Crippen LogP contribution in [0, 0.1) is 0 Å². The molecule has 0 saturated carbocycles. The third-order valence-corrected chi connectivity index (χ3v) is 5.35. The second-order valence-electron chi connectivity index (χ2n) is 5.92. The van der Waals surface area contributed by atoms with Gasteiger partial charge in [-0.25, -0.2) is 8.42 Å². The average molecular weight is 353 g/mol. The smallest absolute Gasteiger partial charge is 0.262 e. The Kier molecular flexibility index (Phi) is 4.46. The minimum Gasteiger partial charge on any atom is -0.482 e. The fraction of sp³-hybridized carbons (Fsp3) is 0.467. The number of amides is 2. The molecule has 2 amide bonds. The highest BCUT2D eigenvalue weighted by Crippen LogP contribution is 2.31. The Labute approximate surface area is 140 Å². The highest BCUT2D eigenvalue weighted by Gasteiger charge is 2.34. The number of rotatable bonds is 3. The fourth-order valence-electron chi connectivity index (χ4n) is 2.95. The number of anilines is 2. The van der Waals surface area contributed by atoms with Gasteiger partial charge < -0.3 is 15.4 Å². The summed E-state index contributed by atoms with van der Waals surface area (Å²) in [5.74, 6) is -0.104. The van der Waals surface area contributed by atoms with Crippen molar-refractivity contribution in [2.24, 2.45) is 0 Å². The molecule has 130 valence electrons. The Morgan fingerprint density at radius 1 is 1.38 bits per heavy atom. The van der Waals surface area contributed by atoms with Crippen LogP contribution in [0.3, 0.4) is 0 Å². The third-order valence-electron chi connectivity index (χ3n) is 4.06. The molecule has 2 aliphatic heterocycles. The predicted octanol–water partition coefficient (Wildman–Crippen LogP) is 0.770. The molecule has 1 aromatic carbocycles. The summed E-state index contributed by atoms with van der Waals surface area (Å²) in [7, 11) is -3.44. The van der Waals surface area contributed by atoms with E-state index < -0.39 is 16.1 Å². The summed E-state index contributed by atoms with van der Waals surface area (Å²) in [4.78, 5) is 23.9. The van der Waals surface area contributed by atoms with E-state index in [4.69, 9.17) is 4.74 Å². The van der Waals surface area contributed by atoms with Gasteiger partial charge in [-0.2, -0.15) is 4.31 Å². The van der Waals surface area contributed by atoms with Gasteiger partial charge in [0.05, 0.1) is 11.9 Å². The summed E-state index contributed by atoms with van der Waals surface area (Å²) in [6, 6.07) is 4.19. The molecule has 1 saturated heterocycles. The quantitative estimate of drug-likeness (QED) is 0.835. The molecule has 0 spiro atoms. The maximum atomic E-state index is 12.5. The first-order chi connectivity index (χ1) is 11.3. The van der Waals surface area contributed by atoms with E-state index in [-0.39, 0.29) is 18.4 Å². The van der Waals surface area contributed by atoms with Crippen LogP contribution in [-0.2, 0) is 19.6 Å². The molecule has 2 aliphatic rings. The Morgan fingerprint density at radius 3 is 2.92 bits per heavy atom. The molecule has 3 rings (SSSR count). The normalized spacial score (nSPS) is 21.4. The van der Waals surface area contributed by atoms with Crippen molar-refractivity contribution in [1.82, 2.24) is 4.31 Å². The largest absolute Gasteiger partial charge is 0.482 e. The summed E-state index contributed by atoms with van der Waals surface area (Å²) in [5, 5.41) is 5.39. The molecule has 0 aromatic heterocycles. The first-order valence-corrected chi connectivity index (χ1v) is 9.54. The van der Waals surface area contributed by atoms with Crippen molar-refractivity contribution in [3.63, 3.8) is 0 Å². The Bertz CT molecular complexity index is 777. The van der Waals surface area contributed by atoms with Crippen molar-refractivity contribution in [3.05, 3.63) is 18.2 Å². The van der Waals surface area contributed by atoms with Gasteiger partial charge in [0, 0.05) is 12.2 Å². The van der Waals surface area contributed by atoms with Gasteiger partial charge >= 0.3 is 0 Å². The molecule has 1 aromatic rings. The average Bonchev–Trinajstić information content (AvgIpc) is 2.53. The summed E-state index contributed by atoms with van der Waals surface area (Å²) in [6.45, 7) is 0.315. The van der Waals surface area contributed by atoms with Gasteiger partial charge in [-0.3, -0.25) is 9.59 Å². The van der Waals surface area contributed by atoms with Gasteiger partial charge in [0.25, 0.3) is 5.91 Å². The van der Waals surface area contributed by atoms with E-state index in [1.165, 1.54) is 4.31 Å². The van der Waals surface area contributed by atoms with E-state index in [0.717, 1.165) is 19.1 Å². The molecular weight excluding hydrogens is 334 g/mol. The molecule has 0 radical (unpaired) electrons. The number of fused-ring (bicyclic) bond motifs is 1. The SMILES string of the molecule is CS(=O)(=O)N1CCCCC1C(=O)Nc1ccc2c(c1)NC(=O)CO2. The van der Waals surface area contributed by atoms with Gasteiger partial charge in [0.15, 0.2) is 6.61 Å². The van der Waals surface area contributed by atoms with E-state index in [2.05, 4.69) is 10.6 Å². The molecule has 8 nitrogen and oxygen atoms in total. The zero-order chi connectivity index (χ0) is 17.3. The van der Waals surface area contributed by atoms with Crippen molar-refractivity contribution in [3.8, 4) is 5.75 Å². The molecule has 1 unspecified atom stereocenters. The van der Waals surface area contributed by atoms with Crippen molar-refractivity contribution in [1.29, 1.82) is 0 Å². The van der Waals surface area contributed by atoms with E-state index in [0.29, 0.717) is 30.1 Å². The van der Waals surface area contributed by atoms with Crippen LogP contribution < -0.4 is 15.4 Å². The lowest BCUT2D eigenvalue weighted by Gasteiger charge is -2.32. The predicted molar refractivity (Wildman–Crippen MR) is 88.4 cm³/mol. The lowest BCUT2D eigenvalue weighted by atomic mass is 10.0. The Balaban J connectivity index is 1.76. The molecule has 0 aliphatic carbocycles. The van der Waals surface area contributed by atoms with Crippen molar-refractivity contribution in [2.75, 3.05) is 30.0 Å². The van der Waals surface area contributed by atoms with E-state index in [1.807, 2.05) is 0 Å². The molecule has 24 heavy (non-hydrogen) atoms. The first kappa shape index (κ1) is 16.7. The molecule has 2 heterocycles. The molecule has 1 atom stereocenters. The van der Waals surface area contributed by atoms with Crippen LogP contribution in [0.2, 0.25) is 0 Å². The van der Waals surface area contributed by atoms with Gasteiger partial charge in [-0.05, 0) is 31.0 Å². The van der Waals surface area contributed by atoms with Gasteiger partial charge in [-0.15, -0.1) is 0 Å². The minimum absolute atomic E-state index is 0.0376. The number of piperidine rings is 1. The summed E-state index contributed by atoms with van der Waals surface area (Å²) in [6.07, 6.45) is 3.16. The third kappa shape index (κ3) is 3.51. The van der Waals surface area contributed by atoms with Crippen LogP contribution in [-0.4, -0.2) is 50.0 Å². The van der Waals surface area contributed by atoms with Crippen LogP contribution in [0.1, 0.15) is 19.3 Å². The van der Waals surface area contributed by atoms with Gasteiger partial charge in [-0.1, -0.05) is 6.42 Å². The first-order valence-electron chi connectivity index (χ1n) is 7.69. The van der Waals surface area contributed by atoms with Crippen molar-refractivity contribution < 1.29 is 22.7 Å². The van der Waals surface area contributed by atoms with Crippen LogP contribution in [0.25, 0.3) is 0 Å². The second-order valence-corrected chi connectivity index (χ2v) is 7.86. The summed E-state index contributed by atoms with van der Waals surface area (Å²) in [5.41, 5.74) is 0.955. The van der Waals surface area contributed by atoms with Gasteiger partial charge in [0.1, 0.15) is 11.8 Å². The zero-order valence-electron chi connectivity index (χ0n) is 13.2. The lowest BCUT2D eigenvalue weighted by molar-refractivity contribution is -0.120. The highest BCUT2D eigenvalue weighted by molar-refractivity contribution is 7.88. The standard InChI is InChI=1S/C15H19N3O5S/c1-24(21,22)18-7-3-2-4-12(18)15(20)16-10-5-6-13-11(8-10)17-14(19)9-23-13/h5-6,8,12H,2-4,7,9H2,1H3,(H,16,20)(H,17,19). The number of carbonyl (C=O) groups excluding carboxylic acids is 2. The molecule has 0 bridgehead atoms. The number of nitrogens with one attached hydrogen (secondary N) is 2. The molecule has 9 heteroatoms. The van der Waals surface area contributed by atoms with E-state index in [1.54, 1.807) is 18.2 Å². The minimum atomic E-state index is -3.44. The number of nitrogens with zero attached hydrogens (tertiary/aromatic N) is 1. The summed E-state index contributed by atoms with van der Waals surface area (Å²) >= 11 is 0. The van der Waals surface area contributed by atoms with Crippen LogP contribution in [0.5, 0.6) is 5.75 Å². The lowest BCUT2D eigenvalue weighted by Crippen LogP contribution is -2.49. The van der Waals surface area contributed by atoms with Crippen molar-refractivity contribution in [2.45, 2.75) is 25.3 Å². The molecule has 1 fully saturated rings. The number of sulfonamides is 1. The number of hydrogen-bond donors (Lipinski definition) is 2. The number of hydrogen-bond acceptors (Lipinski definition) is 5. The van der Waals surface area contributed by atoms with Crippen molar-refractivity contribution >= 4 is 33.2 Å². The van der Waals surface area contributed by atoms with Crippen LogP contribution in [0.4, 0.5) is 11.4 Å². The molecular formula is C15H19N3O5S. The fourth-order valence-corrected chi connectivity index (χ4v) is 4.07. The van der Waals surface area contributed by atoms with Gasteiger partial charge in [0.2, 0.25) is 15.9 Å². The maximum Gasteiger partial charge on any atom is 0.262 e. The number of carbonyl (C=O) groups is 2.